The van der Waals surface area contributed by atoms with Gasteiger partial charge in [0.1, 0.15) is 29.9 Å². The first kappa shape index (κ1) is 21.8. The van der Waals surface area contributed by atoms with E-state index in [1.54, 1.807) is 20.8 Å². The summed E-state index contributed by atoms with van der Waals surface area (Å²) in [6.07, 6.45) is 0.659. The van der Waals surface area contributed by atoms with Crippen LogP contribution in [0.25, 0.3) is 0 Å². The molecule has 1 aliphatic heterocycles. The number of carbonyl (C=O) groups excluding carboxylic acids is 1. The Morgan fingerprint density at radius 1 is 0.935 bits per heavy atom. The van der Waals surface area contributed by atoms with Gasteiger partial charge in [-0.3, -0.25) is 0 Å². The lowest BCUT2D eigenvalue weighted by Gasteiger charge is -2.29. The zero-order valence-corrected chi connectivity index (χ0v) is 17.7. The van der Waals surface area contributed by atoms with Crippen LogP contribution in [0.1, 0.15) is 31.9 Å². The first-order valence-electron chi connectivity index (χ1n) is 9.75. The maximum absolute atomic E-state index is 13.1. The van der Waals surface area contributed by atoms with E-state index < -0.39 is 18.3 Å². The maximum atomic E-state index is 13.1. The molecule has 1 aliphatic rings. The van der Waals surface area contributed by atoms with Crippen LogP contribution in [-0.4, -0.2) is 28.3 Å². The third kappa shape index (κ3) is 6.02. The Kier molecular flexibility index (Phi) is 6.82. The van der Waals surface area contributed by atoms with Crippen molar-refractivity contribution in [3.63, 3.8) is 0 Å². The Labute approximate surface area is 182 Å². The molecule has 1 amide bonds. The number of allylic oxidation sites excluding steroid dienone is 2. The Morgan fingerprint density at radius 3 is 2.00 bits per heavy atom. The van der Waals surface area contributed by atoms with Crippen molar-refractivity contribution >= 4 is 6.09 Å². The van der Waals surface area contributed by atoms with Crippen molar-refractivity contribution < 1.29 is 19.4 Å². The highest BCUT2D eigenvalue weighted by atomic mass is 16.6. The van der Waals surface area contributed by atoms with E-state index in [0.717, 1.165) is 11.1 Å². The minimum absolute atomic E-state index is 0.138. The number of hydrogen-bond donors (Lipinski definition) is 1. The van der Waals surface area contributed by atoms with Gasteiger partial charge < -0.3 is 14.6 Å². The van der Waals surface area contributed by atoms with Gasteiger partial charge in [0.05, 0.1) is 0 Å². The molecule has 0 fully saturated rings. The SMILES string of the molecule is CC(C)(C)OC(=O)N1C(C#Cc2ccccc2)=COC(CO)=C1C#Cc1ccccc1. The molecule has 0 atom stereocenters. The molecule has 3 rings (SSSR count). The number of ether oxygens (including phenoxy) is 2. The Bertz CT molecular complexity index is 1120. The van der Waals surface area contributed by atoms with Crippen molar-refractivity contribution in [3.05, 3.63) is 95.2 Å². The largest absolute Gasteiger partial charge is 0.461 e. The molecule has 31 heavy (non-hydrogen) atoms. The summed E-state index contributed by atoms with van der Waals surface area (Å²) < 4.78 is 11.1. The summed E-state index contributed by atoms with van der Waals surface area (Å²) in [5.41, 5.74) is 1.24. The van der Waals surface area contributed by atoms with Crippen LogP contribution >= 0.6 is 0 Å². The molecule has 0 unspecified atom stereocenters. The number of benzene rings is 2. The molecule has 0 aromatic heterocycles. The molecule has 2 aromatic carbocycles. The van der Waals surface area contributed by atoms with Crippen LogP contribution in [0.2, 0.25) is 0 Å². The van der Waals surface area contributed by atoms with Crippen molar-refractivity contribution in [3.8, 4) is 23.7 Å². The average molecular weight is 413 g/mol. The maximum Gasteiger partial charge on any atom is 0.420 e. The Hall–Kier alpha value is -3.93. The van der Waals surface area contributed by atoms with E-state index in [-0.39, 0.29) is 17.2 Å². The van der Waals surface area contributed by atoms with Crippen LogP contribution < -0.4 is 0 Å². The number of aliphatic hydroxyl groups is 1. The van der Waals surface area contributed by atoms with Gasteiger partial charge in [0.2, 0.25) is 0 Å². The minimum Gasteiger partial charge on any atom is -0.461 e. The molecule has 156 valence electrons. The van der Waals surface area contributed by atoms with Crippen molar-refractivity contribution in [1.82, 2.24) is 4.90 Å². The fraction of sp³-hybridized carbons (Fsp3) is 0.192. The van der Waals surface area contributed by atoms with E-state index in [0.29, 0.717) is 0 Å². The summed E-state index contributed by atoms with van der Waals surface area (Å²) in [5.74, 6) is 12.0. The van der Waals surface area contributed by atoms with E-state index in [1.807, 2.05) is 60.7 Å². The van der Waals surface area contributed by atoms with E-state index in [2.05, 4.69) is 23.7 Å². The zero-order chi connectivity index (χ0) is 22.3. The number of aliphatic hydroxyl groups excluding tert-OH is 1. The van der Waals surface area contributed by atoms with E-state index in [9.17, 15) is 9.90 Å². The second kappa shape index (κ2) is 9.71. The first-order valence-corrected chi connectivity index (χ1v) is 9.75. The number of amides is 1. The van der Waals surface area contributed by atoms with Crippen molar-refractivity contribution in [2.75, 3.05) is 6.61 Å². The molecule has 1 N–H and O–H groups in total. The number of nitrogens with zero attached hydrogens (tertiary/aromatic N) is 1. The molecule has 5 nitrogen and oxygen atoms in total. The molecular weight excluding hydrogens is 390 g/mol. The standard InChI is InChI=1S/C26H23NO4/c1-26(2,3)31-25(29)27-22(16-14-20-10-6-4-7-11-20)19-30-24(18-28)23(27)17-15-21-12-8-5-9-13-21/h4-13,19,28H,18H2,1-3H3. The second-order valence-corrected chi connectivity index (χ2v) is 7.60. The lowest BCUT2D eigenvalue weighted by molar-refractivity contribution is 0.0351. The summed E-state index contributed by atoms with van der Waals surface area (Å²) in [5, 5.41) is 9.79. The third-order valence-electron chi connectivity index (χ3n) is 3.97. The fourth-order valence-corrected chi connectivity index (χ4v) is 2.61. The lowest BCUT2D eigenvalue weighted by Crippen LogP contribution is -2.37. The summed E-state index contributed by atoms with van der Waals surface area (Å²) in [4.78, 5) is 14.3. The van der Waals surface area contributed by atoms with Crippen LogP contribution in [0.3, 0.4) is 0 Å². The molecule has 0 radical (unpaired) electrons. The van der Waals surface area contributed by atoms with Gasteiger partial charge in [0.25, 0.3) is 0 Å². The van der Waals surface area contributed by atoms with E-state index in [1.165, 1.54) is 11.2 Å². The molecule has 0 saturated heterocycles. The zero-order valence-electron chi connectivity index (χ0n) is 17.7. The summed E-state index contributed by atoms with van der Waals surface area (Å²) in [6, 6.07) is 18.7. The molecular formula is C26H23NO4. The lowest BCUT2D eigenvalue weighted by atomic mass is 10.2. The highest BCUT2D eigenvalue weighted by molar-refractivity contribution is 5.76. The van der Waals surface area contributed by atoms with Gasteiger partial charge >= 0.3 is 6.09 Å². The second-order valence-electron chi connectivity index (χ2n) is 7.60. The molecule has 0 spiro atoms. The Balaban J connectivity index is 2.04. The van der Waals surface area contributed by atoms with Crippen molar-refractivity contribution in [2.45, 2.75) is 26.4 Å². The van der Waals surface area contributed by atoms with Crippen LogP contribution in [0.5, 0.6) is 0 Å². The van der Waals surface area contributed by atoms with Gasteiger partial charge in [-0.25, -0.2) is 9.69 Å². The highest BCUT2D eigenvalue weighted by Gasteiger charge is 2.32. The molecule has 0 aliphatic carbocycles. The van der Waals surface area contributed by atoms with Crippen LogP contribution in [0, 0.1) is 23.7 Å². The topological polar surface area (TPSA) is 59.0 Å². The first-order chi connectivity index (χ1) is 14.9. The molecule has 0 bridgehead atoms. The van der Waals surface area contributed by atoms with Crippen LogP contribution in [0.15, 0.2) is 84.1 Å². The van der Waals surface area contributed by atoms with Crippen LogP contribution in [0.4, 0.5) is 4.79 Å². The monoisotopic (exact) mass is 413 g/mol. The van der Waals surface area contributed by atoms with Crippen molar-refractivity contribution in [2.24, 2.45) is 0 Å². The van der Waals surface area contributed by atoms with Gasteiger partial charge in [-0.15, -0.1) is 0 Å². The number of hydrogen-bond acceptors (Lipinski definition) is 4. The van der Waals surface area contributed by atoms with Crippen LogP contribution in [-0.2, 0) is 9.47 Å². The van der Waals surface area contributed by atoms with Gasteiger partial charge in [-0.2, -0.15) is 0 Å². The number of carbonyl (C=O) groups is 1. The minimum atomic E-state index is -0.731. The predicted octanol–water partition coefficient (Wildman–Crippen LogP) is 4.40. The average Bonchev–Trinajstić information content (AvgIpc) is 2.76. The highest BCUT2D eigenvalue weighted by Crippen LogP contribution is 2.26. The third-order valence-corrected chi connectivity index (χ3v) is 3.97. The van der Waals surface area contributed by atoms with Crippen molar-refractivity contribution in [1.29, 1.82) is 0 Å². The van der Waals surface area contributed by atoms with Gasteiger partial charge in [-0.05, 0) is 56.9 Å². The van der Waals surface area contributed by atoms with E-state index >= 15 is 0 Å². The molecule has 0 saturated carbocycles. The van der Waals surface area contributed by atoms with Gasteiger partial charge in [0, 0.05) is 11.1 Å². The van der Waals surface area contributed by atoms with Gasteiger partial charge in [-0.1, -0.05) is 48.2 Å². The molecule has 1 heterocycles. The summed E-state index contributed by atoms with van der Waals surface area (Å²) in [7, 11) is 0. The molecule has 2 aromatic rings. The quantitative estimate of drug-likeness (QED) is 0.704. The smallest absolute Gasteiger partial charge is 0.420 e. The normalized spacial score (nSPS) is 13.2. The predicted molar refractivity (Wildman–Crippen MR) is 118 cm³/mol. The van der Waals surface area contributed by atoms with Gasteiger partial charge in [0.15, 0.2) is 5.76 Å². The van der Waals surface area contributed by atoms with E-state index in [4.69, 9.17) is 9.47 Å². The summed E-state index contributed by atoms with van der Waals surface area (Å²) >= 11 is 0. The summed E-state index contributed by atoms with van der Waals surface area (Å²) in [6.45, 7) is 4.89. The fourth-order valence-electron chi connectivity index (χ4n) is 2.61. The Morgan fingerprint density at radius 2 is 1.48 bits per heavy atom. The number of rotatable bonds is 1. The molecule has 5 heteroatoms.